The van der Waals surface area contributed by atoms with Crippen LogP contribution in [0.25, 0.3) is 33.2 Å². The molecule has 0 fully saturated rings. The molecule has 2 aromatic heterocycles. The number of benzene rings is 2. The number of nitrogens with one attached hydrogen (secondary N) is 1. The maximum Gasteiger partial charge on any atom is 0.336 e. The van der Waals surface area contributed by atoms with Crippen molar-refractivity contribution in [1.29, 1.82) is 0 Å². The van der Waals surface area contributed by atoms with Crippen molar-refractivity contribution in [3.05, 3.63) is 64.7 Å². The number of pyridine rings is 1. The summed E-state index contributed by atoms with van der Waals surface area (Å²) in [5.74, 6) is -0.879. The second-order valence-corrected chi connectivity index (χ2v) is 7.02. The first kappa shape index (κ1) is 15.1. The molecular formula is C22H18N2O2. The molecule has 128 valence electrons. The molecule has 1 aliphatic carbocycles. The molecule has 2 N–H and O–H groups in total. The average molecular weight is 342 g/mol. The van der Waals surface area contributed by atoms with Crippen LogP contribution in [0, 0.1) is 6.92 Å². The molecule has 5 rings (SSSR count). The minimum Gasteiger partial charge on any atom is -0.478 e. The van der Waals surface area contributed by atoms with Gasteiger partial charge in [0.1, 0.15) is 0 Å². The van der Waals surface area contributed by atoms with Gasteiger partial charge in [0, 0.05) is 16.3 Å². The number of nitrogens with zero attached hydrogens (tertiary/aromatic N) is 1. The monoisotopic (exact) mass is 342 g/mol. The van der Waals surface area contributed by atoms with Crippen molar-refractivity contribution in [2.45, 2.75) is 26.2 Å². The molecular weight excluding hydrogens is 324 g/mol. The van der Waals surface area contributed by atoms with Crippen molar-refractivity contribution in [2.24, 2.45) is 0 Å². The topological polar surface area (TPSA) is 66.0 Å². The standard InChI is InChI=1S/C22H18N2O2/c1-12-9-10-13-14-6-4-7-16-19(22(25)26)15-5-2-3-8-17(15)23-21(16)20(14)24-18(13)11-12/h2-3,5,8-11,24H,4,6-7H2,1H3,(H,25,26). The van der Waals surface area contributed by atoms with E-state index in [4.69, 9.17) is 4.98 Å². The minimum atomic E-state index is -0.879. The van der Waals surface area contributed by atoms with Gasteiger partial charge >= 0.3 is 5.97 Å². The molecule has 1 aliphatic rings. The number of aromatic carboxylic acids is 1. The number of carboxylic acids is 1. The number of fused-ring (bicyclic) bond motifs is 6. The zero-order valence-corrected chi connectivity index (χ0v) is 14.5. The van der Waals surface area contributed by atoms with E-state index in [-0.39, 0.29) is 0 Å². The lowest BCUT2D eigenvalue weighted by Gasteiger charge is -2.12. The molecule has 0 saturated heterocycles. The number of aromatic amines is 1. The minimum absolute atomic E-state index is 0.397. The van der Waals surface area contributed by atoms with E-state index >= 15 is 0 Å². The smallest absolute Gasteiger partial charge is 0.336 e. The third-order valence-corrected chi connectivity index (χ3v) is 5.36. The van der Waals surface area contributed by atoms with Crippen molar-refractivity contribution in [3.63, 3.8) is 0 Å². The Kier molecular flexibility index (Phi) is 3.16. The molecule has 0 unspecified atom stereocenters. The van der Waals surface area contributed by atoms with Gasteiger partial charge in [-0.1, -0.05) is 30.3 Å². The number of rotatable bonds is 1. The SMILES string of the molecule is Cc1ccc2c3c([nH]c2c1)-c1nc2ccccc2c(C(=O)O)c1CCC3. The lowest BCUT2D eigenvalue weighted by molar-refractivity contribution is 0.0698. The van der Waals surface area contributed by atoms with Crippen LogP contribution in [0.1, 0.15) is 33.5 Å². The predicted octanol–water partition coefficient (Wildman–Crippen LogP) is 4.88. The Morgan fingerprint density at radius 1 is 1.08 bits per heavy atom. The molecule has 0 spiro atoms. The van der Waals surface area contributed by atoms with E-state index in [1.807, 2.05) is 24.3 Å². The van der Waals surface area contributed by atoms with Gasteiger partial charge in [0.15, 0.2) is 0 Å². The van der Waals surface area contributed by atoms with E-state index in [1.54, 1.807) is 0 Å². The number of carboxylic acid groups (broad SMARTS) is 1. The predicted molar refractivity (Wildman–Crippen MR) is 103 cm³/mol. The summed E-state index contributed by atoms with van der Waals surface area (Å²) in [5, 5.41) is 11.8. The van der Waals surface area contributed by atoms with Gasteiger partial charge in [-0.05, 0) is 55.0 Å². The number of hydrogen-bond acceptors (Lipinski definition) is 2. The van der Waals surface area contributed by atoms with Gasteiger partial charge in [-0.2, -0.15) is 0 Å². The molecule has 4 aromatic rings. The molecule has 0 bridgehead atoms. The summed E-state index contributed by atoms with van der Waals surface area (Å²) in [7, 11) is 0. The van der Waals surface area contributed by atoms with Crippen molar-refractivity contribution < 1.29 is 9.90 Å². The summed E-state index contributed by atoms with van der Waals surface area (Å²) in [6.07, 6.45) is 2.57. The van der Waals surface area contributed by atoms with E-state index in [0.29, 0.717) is 10.9 Å². The fraction of sp³-hybridized carbons (Fsp3) is 0.182. The number of hydrogen-bond donors (Lipinski definition) is 2. The Balaban J connectivity index is 1.92. The first-order valence-corrected chi connectivity index (χ1v) is 8.90. The van der Waals surface area contributed by atoms with Gasteiger partial charge < -0.3 is 10.1 Å². The van der Waals surface area contributed by atoms with Crippen molar-refractivity contribution in [2.75, 3.05) is 0 Å². The van der Waals surface area contributed by atoms with E-state index in [1.165, 1.54) is 16.5 Å². The van der Waals surface area contributed by atoms with Gasteiger partial charge in [0.25, 0.3) is 0 Å². The fourth-order valence-corrected chi connectivity index (χ4v) is 4.22. The maximum absolute atomic E-state index is 12.1. The average Bonchev–Trinajstić information content (AvgIpc) is 2.88. The Bertz CT molecular complexity index is 1200. The zero-order chi connectivity index (χ0) is 17.8. The molecule has 0 atom stereocenters. The van der Waals surface area contributed by atoms with Gasteiger partial charge in [-0.15, -0.1) is 0 Å². The first-order valence-electron chi connectivity index (χ1n) is 8.90. The van der Waals surface area contributed by atoms with E-state index < -0.39 is 5.97 Å². The van der Waals surface area contributed by atoms with Crippen LogP contribution in [0.4, 0.5) is 0 Å². The number of carbonyl (C=O) groups is 1. The van der Waals surface area contributed by atoms with E-state index in [2.05, 4.69) is 30.1 Å². The summed E-state index contributed by atoms with van der Waals surface area (Å²) in [6.45, 7) is 2.08. The van der Waals surface area contributed by atoms with Crippen molar-refractivity contribution in [1.82, 2.24) is 9.97 Å². The summed E-state index contributed by atoms with van der Waals surface area (Å²) in [6, 6.07) is 13.9. The number of aryl methyl sites for hydroxylation is 2. The highest BCUT2D eigenvalue weighted by Gasteiger charge is 2.26. The van der Waals surface area contributed by atoms with Crippen molar-refractivity contribution >= 4 is 27.8 Å². The third-order valence-electron chi connectivity index (χ3n) is 5.36. The third kappa shape index (κ3) is 2.08. The van der Waals surface area contributed by atoms with Crippen LogP contribution in [0.2, 0.25) is 0 Å². The normalized spacial score (nSPS) is 13.4. The molecule has 0 radical (unpaired) electrons. The van der Waals surface area contributed by atoms with Crippen LogP contribution in [0.3, 0.4) is 0 Å². The Morgan fingerprint density at radius 2 is 1.88 bits per heavy atom. The molecule has 0 saturated carbocycles. The Morgan fingerprint density at radius 3 is 2.73 bits per heavy atom. The second kappa shape index (κ2) is 5.43. The van der Waals surface area contributed by atoms with Gasteiger partial charge in [0.05, 0.1) is 22.5 Å². The summed E-state index contributed by atoms with van der Waals surface area (Å²) < 4.78 is 0. The van der Waals surface area contributed by atoms with Crippen LogP contribution in [0.5, 0.6) is 0 Å². The lowest BCUT2D eigenvalue weighted by Crippen LogP contribution is -2.07. The summed E-state index contributed by atoms with van der Waals surface area (Å²) in [4.78, 5) is 20.5. The van der Waals surface area contributed by atoms with Crippen LogP contribution in [0.15, 0.2) is 42.5 Å². The zero-order valence-electron chi connectivity index (χ0n) is 14.5. The molecule has 26 heavy (non-hydrogen) atoms. The highest BCUT2D eigenvalue weighted by molar-refractivity contribution is 6.06. The van der Waals surface area contributed by atoms with Crippen LogP contribution < -0.4 is 0 Å². The molecule has 4 nitrogen and oxygen atoms in total. The highest BCUT2D eigenvalue weighted by atomic mass is 16.4. The Hall–Kier alpha value is -3.14. The number of para-hydroxylation sites is 1. The molecule has 2 aromatic carbocycles. The summed E-state index contributed by atoms with van der Waals surface area (Å²) >= 11 is 0. The van der Waals surface area contributed by atoms with E-state index in [0.717, 1.165) is 47.2 Å². The van der Waals surface area contributed by atoms with Gasteiger partial charge in [0.2, 0.25) is 0 Å². The number of H-pyrrole nitrogens is 1. The van der Waals surface area contributed by atoms with Crippen LogP contribution in [-0.2, 0) is 12.8 Å². The molecule has 4 heteroatoms. The largest absolute Gasteiger partial charge is 0.478 e. The molecule has 0 amide bonds. The van der Waals surface area contributed by atoms with Gasteiger partial charge in [-0.3, -0.25) is 0 Å². The number of aromatic nitrogens is 2. The van der Waals surface area contributed by atoms with Gasteiger partial charge in [-0.25, -0.2) is 9.78 Å². The highest BCUT2D eigenvalue weighted by Crippen LogP contribution is 2.39. The lowest BCUT2D eigenvalue weighted by atomic mass is 9.97. The first-order chi connectivity index (χ1) is 12.6. The van der Waals surface area contributed by atoms with Crippen LogP contribution >= 0.6 is 0 Å². The quantitative estimate of drug-likeness (QED) is 0.518. The van der Waals surface area contributed by atoms with Crippen LogP contribution in [-0.4, -0.2) is 21.0 Å². The fourth-order valence-electron chi connectivity index (χ4n) is 4.22. The summed E-state index contributed by atoms with van der Waals surface area (Å²) in [5.41, 5.74) is 7.28. The van der Waals surface area contributed by atoms with E-state index in [9.17, 15) is 9.90 Å². The maximum atomic E-state index is 12.1. The molecule has 2 heterocycles. The Labute approximate surface area is 150 Å². The van der Waals surface area contributed by atoms with Crippen molar-refractivity contribution in [3.8, 4) is 11.4 Å². The molecule has 0 aliphatic heterocycles. The second-order valence-electron chi connectivity index (χ2n) is 7.02.